The molecule has 1 aromatic heterocycles. The minimum Gasteiger partial charge on any atom is -0.480 e. The zero-order chi connectivity index (χ0) is 15.5. The predicted octanol–water partition coefficient (Wildman–Crippen LogP) is 0.971. The lowest BCUT2D eigenvalue weighted by Gasteiger charge is -2.25. The summed E-state index contributed by atoms with van der Waals surface area (Å²) in [4.78, 5) is 15.0. The van der Waals surface area contributed by atoms with Gasteiger partial charge < -0.3 is 5.11 Å². The first-order valence-corrected chi connectivity index (χ1v) is 8.01. The molecule has 1 atom stereocenters. The van der Waals surface area contributed by atoms with E-state index in [1.54, 1.807) is 0 Å². The van der Waals surface area contributed by atoms with Gasteiger partial charge >= 0.3 is 5.97 Å². The predicted molar refractivity (Wildman–Crippen MR) is 72.7 cm³/mol. The average molecular weight is 309 g/mol. The number of carbonyl (C=O) groups is 1. The quantitative estimate of drug-likeness (QED) is 0.890. The maximum absolute atomic E-state index is 12.6. The molecule has 1 aliphatic heterocycles. The zero-order valence-electron chi connectivity index (χ0n) is 11.3. The van der Waals surface area contributed by atoms with E-state index in [1.165, 1.54) is 12.1 Å². The lowest BCUT2D eigenvalue weighted by molar-refractivity contribution is -0.141. The summed E-state index contributed by atoms with van der Waals surface area (Å²) in [6.45, 7) is 0.180. The summed E-state index contributed by atoms with van der Waals surface area (Å²) in [5, 5.41) is 17.9. The van der Waals surface area contributed by atoms with Crippen LogP contribution in [0.3, 0.4) is 0 Å². The van der Waals surface area contributed by atoms with Crippen molar-refractivity contribution in [2.75, 3.05) is 6.54 Å². The summed E-state index contributed by atoms with van der Waals surface area (Å²) in [5.41, 5.74) is 0.111. The second kappa shape index (κ2) is 6.20. The fraction of sp³-hybridized carbons (Fsp3) is 0.462. The highest BCUT2D eigenvalue weighted by atomic mass is 32.2. The van der Waals surface area contributed by atoms with Crippen LogP contribution in [0.2, 0.25) is 0 Å². The summed E-state index contributed by atoms with van der Waals surface area (Å²) < 4.78 is 26.2. The van der Waals surface area contributed by atoms with Gasteiger partial charge in [0.1, 0.15) is 22.7 Å². The molecule has 1 unspecified atom stereocenters. The molecule has 1 aromatic rings. The van der Waals surface area contributed by atoms with Gasteiger partial charge in [0.05, 0.1) is 0 Å². The van der Waals surface area contributed by atoms with Crippen molar-refractivity contribution in [1.29, 1.82) is 5.26 Å². The highest BCUT2D eigenvalue weighted by molar-refractivity contribution is 7.89. The molecule has 21 heavy (non-hydrogen) atoms. The van der Waals surface area contributed by atoms with Crippen LogP contribution in [0.5, 0.6) is 0 Å². The average Bonchev–Trinajstić information content (AvgIpc) is 2.73. The first-order valence-electron chi connectivity index (χ1n) is 6.57. The second-order valence-electron chi connectivity index (χ2n) is 4.81. The van der Waals surface area contributed by atoms with Crippen LogP contribution in [-0.2, 0) is 14.8 Å². The zero-order valence-corrected chi connectivity index (χ0v) is 12.1. The Morgan fingerprint density at radius 2 is 2.14 bits per heavy atom. The number of sulfonamides is 1. The van der Waals surface area contributed by atoms with Gasteiger partial charge in [0.25, 0.3) is 0 Å². The number of hydrogen-bond acceptors (Lipinski definition) is 5. The number of hydrogen-bond donors (Lipinski definition) is 1. The van der Waals surface area contributed by atoms with Gasteiger partial charge in [-0.25, -0.2) is 13.4 Å². The van der Waals surface area contributed by atoms with Gasteiger partial charge in [0.15, 0.2) is 0 Å². The minimum absolute atomic E-state index is 0.0883. The molecule has 0 bridgehead atoms. The van der Waals surface area contributed by atoms with Crippen molar-refractivity contribution in [1.82, 2.24) is 9.29 Å². The lowest BCUT2D eigenvalue weighted by Crippen LogP contribution is -2.44. The molecule has 0 saturated carbocycles. The Morgan fingerprint density at radius 1 is 1.38 bits per heavy atom. The third-order valence-corrected chi connectivity index (χ3v) is 5.34. The van der Waals surface area contributed by atoms with Crippen LogP contribution in [0.4, 0.5) is 0 Å². The Bertz CT molecular complexity index is 664. The molecule has 0 aliphatic carbocycles. The summed E-state index contributed by atoms with van der Waals surface area (Å²) >= 11 is 0. The summed E-state index contributed by atoms with van der Waals surface area (Å²) in [6, 6.07) is 3.35. The molecule has 2 heterocycles. The number of carboxylic acids is 1. The molecule has 1 aliphatic rings. The van der Waals surface area contributed by atoms with Gasteiger partial charge in [-0.15, -0.1) is 0 Å². The largest absolute Gasteiger partial charge is 0.480 e. The van der Waals surface area contributed by atoms with Crippen molar-refractivity contribution in [2.24, 2.45) is 0 Å². The number of aromatic nitrogens is 1. The van der Waals surface area contributed by atoms with Gasteiger partial charge in [-0.05, 0) is 25.0 Å². The monoisotopic (exact) mass is 309 g/mol. The summed E-state index contributed by atoms with van der Waals surface area (Å²) in [7, 11) is -3.92. The molecule has 2 rings (SSSR count). The number of pyridine rings is 1. The van der Waals surface area contributed by atoms with E-state index in [2.05, 4.69) is 4.98 Å². The van der Waals surface area contributed by atoms with E-state index in [0.29, 0.717) is 19.3 Å². The van der Waals surface area contributed by atoms with Crippen molar-refractivity contribution in [3.8, 4) is 6.07 Å². The molecule has 0 spiro atoms. The molecular weight excluding hydrogens is 294 g/mol. The van der Waals surface area contributed by atoms with Gasteiger partial charge in [0.2, 0.25) is 10.0 Å². The highest BCUT2D eigenvalue weighted by Gasteiger charge is 2.36. The van der Waals surface area contributed by atoms with Crippen LogP contribution in [-0.4, -0.2) is 41.4 Å². The number of nitrogens with zero attached hydrogens (tertiary/aromatic N) is 3. The van der Waals surface area contributed by atoms with E-state index in [1.807, 2.05) is 6.07 Å². The number of aliphatic carboxylic acids is 1. The number of carboxylic acid groups (broad SMARTS) is 1. The third kappa shape index (κ3) is 3.20. The molecule has 0 radical (unpaired) electrons. The van der Waals surface area contributed by atoms with E-state index in [9.17, 15) is 18.3 Å². The second-order valence-corrected chi connectivity index (χ2v) is 6.70. The Morgan fingerprint density at radius 3 is 2.71 bits per heavy atom. The SMILES string of the molecule is N#Cc1ccc(S(=O)(=O)N2CCCCCC2C(=O)O)cn1. The van der Waals surface area contributed by atoms with Gasteiger partial charge in [-0.2, -0.15) is 9.57 Å². The van der Waals surface area contributed by atoms with E-state index in [0.717, 1.165) is 16.9 Å². The third-order valence-electron chi connectivity index (χ3n) is 3.45. The lowest BCUT2D eigenvalue weighted by atomic mass is 10.1. The maximum atomic E-state index is 12.6. The minimum atomic E-state index is -3.92. The van der Waals surface area contributed by atoms with Crippen molar-refractivity contribution in [3.63, 3.8) is 0 Å². The van der Waals surface area contributed by atoms with Crippen molar-refractivity contribution >= 4 is 16.0 Å². The first kappa shape index (κ1) is 15.4. The van der Waals surface area contributed by atoms with E-state index < -0.39 is 22.0 Å². The van der Waals surface area contributed by atoms with Gasteiger partial charge in [0, 0.05) is 12.7 Å². The Labute approximate surface area is 122 Å². The summed E-state index contributed by atoms with van der Waals surface area (Å²) in [5.74, 6) is -1.14. The fourth-order valence-electron chi connectivity index (χ4n) is 2.35. The van der Waals surface area contributed by atoms with Crippen LogP contribution < -0.4 is 0 Å². The standard InChI is InChI=1S/C13H15N3O4S/c14-8-10-5-6-11(9-15-10)21(19,20)16-7-3-1-2-4-12(16)13(17)18/h5-6,9,12H,1-4,7H2,(H,17,18). The van der Waals surface area contributed by atoms with E-state index in [-0.39, 0.29) is 17.1 Å². The molecule has 7 nitrogen and oxygen atoms in total. The molecule has 1 fully saturated rings. The number of nitriles is 1. The topological polar surface area (TPSA) is 111 Å². The highest BCUT2D eigenvalue weighted by Crippen LogP contribution is 2.24. The van der Waals surface area contributed by atoms with Crippen LogP contribution in [0.15, 0.2) is 23.2 Å². The first-order chi connectivity index (χ1) is 9.96. The molecule has 1 saturated heterocycles. The molecular formula is C13H15N3O4S. The van der Waals surface area contributed by atoms with Crippen LogP contribution in [0.25, 0.3) is 0 Å². The van der Waals surface area contributed by atoms with Crippen LogP contribution >= 0.6 is 0 Å². The van der Waals surface area contributed by atoms with Gasteiger partial charge in [-0.1, -0.05) is 12.8 Å². The van der Waals surface area contributed by atoms with Crippen LogP contribution in [0, 0.1) is 11.3 Å². The fourth-order valence-corrected chi connectivity index (χ4v) is 3.95. The molecule has 8 heteroatoms. The Kier molecular flexibility index (Phi) is 4.55. The number of rotatable bonds is 3. The Hall–Kier alpha value is -1.98. The Balaban J connectivity index is 2.39. The molecule has 0 amide bonds. The summed E-state index contributed by atoms with van der Waals surface area (Å²) in [6.07, 6.45) is 3.53. The van der Waals surface area contributed by atoms with E-state index >= 15 is 0 Å². The molecule has 112 valence electrons. The molecule has 0 aromatic carbocycles. The van der Waals surface area contributed by atoms with Gasteiger partial charge in [-0.3, -0.25) is 4.79 Å². The normalized spacial score (nSPS) is 20.4. The van der Waals surface area contributed by atoms with Crippen LogP contribution in [0.1, 0.15) is 31.4 Å². The molecule has 1 N–H and O–H groups in total. The van der Waals surface area contributed by atoms with Crippen molar-refractivity contribution in [2.45, 2.75) is 36.6 Å². The van der Waals surface area contributed by atoms with Crippen molar-refractivity contribution < 1.29 is 18.3 Å². The maximum Gasteiger partial charge on any atom is 0.322 e. The smallest absolute Gasteiger partial charge is 0.322 e. The van der Waals surface area contributed by atoms with Crippen molar-refractivity contribution in [3.05, 3.63) is 24.0 Å². The van der Waals surface area contributed by atoms with E-state index in [4.69, 9.17) is 5.26 Å².